The van der Waals surface area contributed by atoms with Gasteiger partial charge in [0.05, 0.1) is 7.11 Å². The van der Waals surface area contributed by atoms with Crippen LogP contribution in [0.4, 0.5) is 4.39 Å². The molecular formula is C17H20FNO3. The van der Waals surface area contributed by atoms with E-state index in [1.165, 1.54) is 19.6 Å². The Labute approximate surface area is 130 Å². The fraction of sp³-hybridized carbons (Fsp3) is 0.471. The number of hydrogen-bond donors (Lipinski definition) is 1. The van der Waals surface area contributed by atoms with Crippen LogP contribution in [0, 0.1) is 24.1 Å². The molecule has 1 N–H and O–H groups in total. The Morgan fingerprint density at radius 2 is 2.27 bits per heavy atom. The van der Waals surface area contributed by atoms with Crippen LogP contribution in [0.3, 0.4) is 0 Å². The summed E-state index contributed by atoms with van der Waals surface area (Å²) in [6, 6.07) is 2.67. The smallest absolute Gasteiger partial charge is 0.251 e. The molecular weight excluding hydrogens is 285 g/mol. The van der Waals surface area contributed by atoms with Crippen LogP contribution >= 0.6 is 0 Å². The van der Waals surface area contributed by atoms with Crippen LogP contribution in [0.5, 0.6) is 11.5 Å². The van der Waals surface area contributed by atoms with Crippen molar-refractivity contribution in [1.29, 1.82) is 0 Å². The molecule has 5 heteroatoms. The Morgan fingerprint density at radius 3 is 2.82 bits per heavy atom. The second-order valence-corrected chi connectivity index (χ2v) is 5.44. The minimum atomic E-state index is -0.670. The maximum atomic E-state index is 14.1. The molecule has 0 aliphatic heterocycles. The highest BCUT2D eigenvalue weighted by Crippen LogP contribution is 2.32. The standard InChI is InChI=1S/C17H20FNO3/c1-4-8-22-16-14(18)9-13(10-15(16)21-3)17(20)19-11(2)12-6-5-7-12/h1,9-12H,5-8H2,2-3H3,(H,19,20). The number of hydrogen-bond acceptors (Lipinski definition) is 3. The summed E-state index contributed by atoms with van der Waals surface area (Å²) in [5.41, 5.74) is 0.202. The molecule has 1 amide bonds. The molecule has 0 aromatic heterocycles. The Bertz CT molecular complexity index is 590. The van der Waals surface area contributed by atoms with E-state index >= 15 is 0 Å². The fourth-order valence-electron chi connectivity index (χ4n) is 2.45. The Hall–Kier alpha value is -2.22. The first-order chi connectivity index (χ1) is 10.6. The zero-order chi connectivity index (χ0) is 16.1. The SMILES string of the molecule is C#CCOc1c(F)cc(C(=O)NC(C)C2CCC2)cc1OC. The molecule has 0 saturated heterocycles. The van der Waals surface area contributed by atoms with Gasteiger partial charge in [0.15, 0.2) is 17.3 Å². The molecule has 118 valence electrons. The minimum Gasteiger partial charge on any atom is -0.493 e. The summed E-state index contributed by atoms with van der Waals surface area (Å²) in [5, 5.41) is 2.90. The number of nitrogens with one attached hydrogen (secondary N) is 1. The number of rotatable bonds is 6. The number of amides is 1. The van der Waals surface area contributed by atoms with Crippen LogP contribution in [-0.4, -0.2) is 25.7 Å². The van der Waals surface area contributed by atoms with Gasteiger partial charge in [-0.05, 0) is 37.8 Å². The van der Waals surface area contributed by atoms with Crippen molar-refractivity contribution in [3.8, 4) is 23.8 Å². The van der Waals surface area contributed by atoms with E-state index in [1.807, 2.05) is 6.92 Å². The van der Waals surface area contributed by atoms with Crippen molar-refractivity contribution in [2.45, 2.75) is 32.2 Å². The summed E-state index contributed by atoms with van der Waals surface area (Å²) in [6.45, 7) is 1.90. The van der Waals surface area contributed by atoms with Crippen LogP contribution in [0.2, 0.25) is 0 Å². The third-order valence-electron chi connectivity index (χ3n) is 4.01. The van der Waals surface area contributed by atoms with E-state index in [1.54, 1.807) is 0 Å². The molecule has 1 aromatic carbocycles. The number of ether oxygens (including phenoxy) is 2. The van der Waals surface area contributed by atoms with Gasteiger partial charge in [-0.25, -0.2) is 4.39 Å². The van der Waals surface area contributed by atoms with Crippen LogP contribution < -0.4 is 14.8 Å². The first-order valence-electron chi connectivity index (χ1n) is 7.31. The summed E-state index contributed by atoms with van der Waals surface area (Å²) in [7, 11) is 1.39. The molecule has 1 atom stereocenters. The van der Waals surface area contributed by atoms with Gasteiger partial charge >= 0.3 is 0 Å². The van der Waals surface area contributed by atoms with Gasteiger partial charge < -0.3 is 14.8 Å². The molecule has 1 fully saturated rings. The largest absolute Gasteiger partial charge is 0.493 e. The van der Waals surface area contributed by atoms with Crippen LogP contribution in [0.15, 0.2) is 12.1 Å². The lowest BCUT2D eigenvalue weighted by Gasteiger charge is -2.31. The van der Waals surface area contributed by atoms with Crippen molar-refractivity contribution in [2.75, 3.05) is 13.7 Å². The molecule has 22 heavy (non-hydrogen) atoms. The summed E-state index contributed by atoms with van der Waals surface area (Å²) < 4.78 is 24.3. The second kappa shape index (κ2) is 7.17. The summed E-state index contributed by atoms with van der Waals surface area (Å²) >= 11 is 0. The van der Waals surface area contributed by atoms with Crippen molar-refractivity contribution >= 4 is 5.91 Å². The number of carbonyl (C=O) groups is 1. The first-order valence-corrected chi connectivity index (χ1v) is 7.31. The van der Waals surface area contributed by atoms with Gasteiger partial charge in [-0.2, -0.15) is 0 Å². The lowest BCUT2D eigenvalue weighted by molar-refractivity contribution is 0.0908. The van der Waals surface area contributed by atoms with Gasteiger partial charge in [-0.15, -0.1) is 6.42 Å². The lowest BCUT2D eigenvalue weighted by Crippen LogP contribution is -2.40. The van der Waals surface area contributed by atoms with Crippen LogP contribution in [0.1, 0.15) is 36.5 Å². The molecule has 2 rings (SSSR count). The number of methoxy groups -OCH3 is 1. The normalized spacial score (nSPS) is 15.4. The van der Waals surface area contributed by atoms with Crippen LogP contribution in [0.25, 0.3) is 0 Å². The highest BCUT2D eigenvalue weighted by Gasteiger charge is 2.26. The van der Waals surface area contributed by atoms with Gasteiger partial charge in [0.2, 0.25) is 0 Å². The highest BCUT2D eigenvalue weighted by atomic mass is 19.1. The van der Waals surface area contributed by atoms with E-state index in [9.17, 15) is 9.18 Å². The number of carbonyl (C=O) groups excluding carboxylic acids is 1. The maximum Gasteiger partial charge on any atom is 0.251 e. The monoisotopic (exact) mass is 305 g/mol. The fourth-order valence-corrected chi connectivity index (χ4v) is 2.45. The summed E-state index contributed by atoms with van der Waals surface area (Å²) in [4.78, 5) is 12.2. The molecule has 0 spiro atoms. The highest BCUT2D eigenvalue weighted by molar-refractivity contribution is 5.95. The van der Waals surface area contributed by atoms with Crippen molar-refractivity contribution in [1.82, 2.24) is 5.32 Å². The summed E-state index contributed by atoms with van der Waals surface area (Å²) in [6.07, 6.45) is 8.54. The first kappa shape index (κ1) is 16.2. The Kier molecular flexibility index (Phi) is 5.26. The van der Waals surface area contributed by atoms with Crippen LogP contribution in [-0.2, 0) is 0 Å². The molecule has 0 heterocycles. The molecule has 1 saturated carbocycles. The molecule has 1 aliphatic rings. The number of terminal acetylenes is 1. The van der Waals surface area contributed by atoms with E-state index in [4.69, 9.17) is 15.9 Å². The van der Waals surface area contributed by atoms with Gasteiger partial charge in [-0.1, -0.05) is 12.3 Å². The average Bonchev–Trinajstić information content (AvgIpc) is 2.43. The van der Waals surface area contributed by atoms with Crippen molar-refractivity contribution < 1.29 is 18.7 Å². The van der Waals surface area contributed by atoms with E-state index in [-0.39, 0.29) is 35.6 Å². The summed E-state index contributed by atoms with van der Waals surface area (Å²) in [5.74, 6) is 1.85. The third kappa shape index (κ3) is 3.51. The van der Waals surface area contributed by atoms with Gasteiger partial charge in [0.25, 0.3) is 5.91 Å². The van der Waals surface area contributed by atoms with Gasteiger partial charge in [0.1, 0.15) is 6.61 Å². The Balaban J connectivity index is 2.15. The quantitative estimate of drug-likeness (QED) is 0.822. The topological polar surface area (TPSA) is 47.6 Å². The predicted molar refractivity (Wildman–Crippen MR) is 81.5 cm³/mol. The predicted octanol–water partition coefficient (Wildman–Crippen LogP) is 2.76. The van der Waals surface area contributed by atoms with Gasteiger partial charge in [-0.3, -0.25) is 4.79 Å². The zero-order valence-electron chi connectivity index (χ0n) is 12.8. The van der Waals surface area contributed by atoms with Crippen molar-refractivity contribution in [3.63, 3.8) is 0 Å². The van der Waals surface area contributed by atoms with Crippen molar-refractivity contribution in [3.05, 3.63) is 23.5 Å². The zero-order valence-corrected chi connectivity index (χ0v) is 12.8. The minimum absolute atomic E-state index is 0.0719. The van der Waals surface area contributed by atoms with E-state index in [0.717, 1.165) is 18.9 Å². The van der Waals surface area contributed by atoms with Crippen molar-refractivity contribution in [2.24, 2.45) is 5.92 Å². The van der Waals surface area contributed by atoms with E-state index in [2.05, 4.69) is 11.2 Å². The second-order valence-electron chi connectivity index (χ2n) is 5.44. The Morgan fingerprint density at radius 1 is 1.55 bits per heavy atom. The maximum absolute atomic E-state index is 14.1. The molecule has 1 aromatic rings. The molecule has 0 bridgehead atoms. The molecule has 1 unspecified atom stereocenters. The average molecular weight is 305 g/mol. The van der Waals surface area contributed by atoms with E-state index in [0.29, 0.717) is 5.92 Å². The van der Waals surface area contributed by atoms with E-state index < -0.39 is 5.82 Å². The number of benzene rings is 1. The molecule has 4 nitrogen and oxygen atoms in total. The lowest BCUT2D eigenvalue weighted by atomic mass is 9.80. The molecule has 0 radical (unpaired) electrons. The number of halogens is 1. The molecule has 1 aliphatic carbocycles. The third-order valence-corrected chi connectivity index (χ3v) is 4.01. The van der Waals surface area contributed by atoms with Gasteiger partial charge in [0, 0.05) is 11.6 Å².